The predicted octanol–water partition coefficient (Wildman–Crippen LogP) is 1.56. The maximum absolute atomic E-state index is 13.7. The molecular weight excluding hydrogens is 289 g/mol. The highest BCUT2D eigenvalue weighted by molar-refractivity contribution is 5.94. The Hall–Kier alpha value is -2.70. The fourth-order valence-electron chi connectivity index (χ4n) is 2.26. The van der Waals surface area contributed by atoms with Gasteiger partial charge in [0.1, 0.15) is 23.6 Å². The molecule has 0 bridgehead atoms. The Morgan fingerprint density at radius 3 is 3.00 bits per heavy atom. The lowest BCUT2D eigenvalue weighted by Gasteiger charge is -2.12. The lowest BCUT2D eigenvalue weighted by Crippen LogP contribution is -2.35. The third kappa shape index (κ3) is 2.83. The average Bonchev–Trinajstić information content (AvgIpc) is 2.93. The van der Waals surface area contributed by atoms with Gasteiger partial charge in [-0.1, -0.05) is 18.2 Å². The third-order valence-corrected chi connectivity index (χ3v) is 3.42. The Balaban J connectivity index is 1.64. The number of pyridine rings is 1. The zero-order valence-corrected chi connectivity index (χ0v) is 11.7. The van der Waals surface area contributed by atoms with Crippen LogP contribution in [-0.4, -0.2) is 48.1 Å². The van der Waals surface area contributed by atoms with Crippen molar-refractivity contribution in [2.24, 2.45) is 0 Å². The molecule has 1 N–H and O–H groups in total. The lowest BCUT2D eigenvalue weighted by atomic mass is 10.2. The second-order valence-corrected chi connectivity index (χ2v) is 4.87. The van der Waals surface area contributed by atoms with E-state index in [1.807, 2.05) is 0 Å². The minimum atomic E-state index is -0.466. The van der Waals surface area contributed by atoms with Crippen LogP contribution in [0.5, 0.6) is 0 Å². The summed E-state index contributed by atoms with van der Waals surface area (Å²) in [6.07, 6.45) is -0.375. The summed E-state index contributed by atoms with van der Waals surface area (Å²) in [4.78, 5) is 28.8. The van der Waals surface area contributed by atoms with Crippen LogP contribution < -0.4 is 5.32 Å². The van der Waals surface area contributed by atoms with Crippen LogP contribution in [0.25, 0.3) is 10.9 Å². The Morgan fingerprint density at radius 1 is 1.36 bits per heavy atom. The van der Waals surface area contributed by atoms with E-state index in [4.69, 9.17) is 4.74 Å². The van der Waals surface area contributed by atoms with Crippen LogP contribution in [0.4, 0.5) is 9.18 Å². The number of hydrogen-bond donors (Lipinski definition) is 1. The largest absolute Gasteiger partial charge is 0.448 e. The Kier molecular flexibility index (Phi) is 3.86. The summed E-state index contributed by atoms with van der Waals surface area (Å²) in [7, 11) is 0. The van der Waals surface area contributed by atoms with E-state index in [9.17, 15) is 14.0 Å². The van der Waals surface area contributed by atoms with Crippen molar-refractivity contribution < 1.29 is 18.7 Å². The van der Waals surface area contributed by atoms with Crippen molar-refractivity contribution in [3.63, 3.8) is 0 Å². The molecule has 6 nitrogen and oxygen atoms in total. The van der Waals surface area contributed by atoms with Crippen molar-refractivity contribution in [1.82, 2.24) is 15.2 Å². The minimum Gasteiger partial charge on any atom is -0.448 e. The summed E-state index contributed by atoms with van der Waals surface area (Å²) in [5.41, 5.74) is 0.305. The zero-order valence-electron chi connectivity index (χ0n) is 11.7. The second kappa shape index (κ2) is 5.97. The van der Waals surface area contributed by atoms with Crippen molar-refractivity contribution in [3.05, 3.63) is 41.8 Å². The van der Waals surface area contributed by atoms with E-state index in [-0.39, 0.29) is 23.8 Å². The first kappa shape index (κ1) is 14.2. The number of fused-ring (bicyclic) bond motifs is 1. The van der Waals surface area contributed by atoms with Crippen molar-refractivity contribution in [2.45, 2.75) is 0 Å². The van der Waals surface area contributed by atoms with Crippen LogP contribution in [0.1, 0.15) is 10.5 Å². The number of ether oxygens (including phenoxy) is 1. The molecule has 22 heavy (non-hydrogen) atoms. The number of halogens is 1. The van der Waals surface area contributed by atoms with Gasteiger partial charge in [-0.15, -0.1) is 0 Å². The Morgan fingerprint density at radius 2 is 2.23 bits per heavy atom. The van der Waals surface area contributed by atoms with E-state index in [0.717, 1.165) is 0 Å². The van der Waals surface area contributed by atoms with Crippen molar-refractivity contribution in [1.29, 1.82) is 0 Å². The van der Waals surface area contributed by atoms with Gasteiger partial charge in [0, 0.05) is 18.5 Å². The molecule has 7 heteroatoms. The summed E-state index contributed by atoms with van der Waals surface area (Å²) < 4.78 is 18.5. The molecule has 1 aliphatic rings. The van der Waals surface area contributed by atoms with E-state index in [1.54, 1.807) is 24.3 Å². The molecule has 2 amide bonds. The number of benzene rings is 1. The highest BCUT2D eigenvalue weighted by Gasteiger charge is 2.21. The van der Waals surface area contributed by atoms with Crippen molar-refractivity contribution >= 4 is 22.9 Å². The van der Waals surface area contributed by atoms with Crippen LogP contribution in [-0.2, 0) is 4.74 Å². The molecule has 1 aromatic heterocycles. The van der Waals surface area contributed by atoms with Crippen molar-refractivity contribution in [2.75, 3.05) is 26.2 Å². The average molecular weight is 303 g/mol. The molecule has 2 aromatic rings. The second-order valence-electron chi connectivity index (χ2n) is 4.87. The molecule has 0 saturated carbocycles. The first-order valence-corrected chi connectivity index (χ1v) is 6.90. The number of para-hydroxylation sites is 1. The monoisotopic (exact) mass is 303 g/mol. The van der Waals surface area contributed by atoms with Crippen LogP contribution in [0.15, 0.2) is 30.3 Å². The smallest absolute Gasteiger partial charge is 0.409 e. The standard InChI is InChI=1S/C15H14FN3O3/c16-11-3-1-2-10-4-5-12(18-13(10)11)14(20)17-6-7-19-8-9-22-15(19)21/h1-5H,6-9H2,(H,17,20). The van der Waals surface area contributed by atoms with Crippen LogP contribution in [0.2, 0.25) is 0 Å². The molecule has 2 heterocycles. The number of nitrogens with zero attached hydrogens (tertiary/aromatic N) is 2. The highest BCUT2D eigenvalue weighted by Crippen LogP contribution is 2.15. The topological polar surface area (TPSA) is 71.5 Å². The Labute approximate surface area is 125 Å². The van der Waals surface area contributed by atoms with Gasteiger partial charge in [-0.25, -0.2) is 14.2 Å². The first-order valence-electron chi connectivity index (χ1n) is 6.90. The van der Waals surface area contributed by atoms with Gasteiger partial charge >= 0.3 is 6.09 Å². The zero-order chi connectivity index (χ0) is 15.5. The molecule has 0 spiro atoms. The number of rotatable bonds is 4. The van der Waals surface area contributed by atoms with Crippen LogP contribution in [0, 0.1) is 5.82 Å². The molecule has 0 aliphatic carbocycles. The van der Waals surface area contributed by atoms with Crippen LogP contribution in [0.3, 0.4) is 0 Å². The molecule has 1 aromatic carbocycles. The van der Waals surface area contributed by atoms with Gasteiger partial charge in [-0.2, -0.15) is 0 Å². The maximum Gasteiger partial charge on any atom is 0.409 e. The summed E-state index contributed by atoms with van der Waals surface area (Å²) in [6.45, 7) is 1.55. The van der Waals surface area contributed by atoms with E-state index in [2.05, 4.69) is 10.3 Å². The number of hydrogen-bond acceptors (Lipinski definition) is 4. The first-order chi connectivity index (χ1) is 10.6. The SMILES string of the molecule is O=C(NCCN1CCOC1=O)c1ccc2cccc(F)c2n1. The molecule has 3 rings (SSSR count). The minimum absolute atomic E-state index is 0.140. The van der Waals surface area contributed by atoms with Gasteiger partial charge in [0.05, 0.1) is 6.54 Å². The number of aromatic nitrogens is 1. The lowest BCUT2D eigenvalue weighted by molar-refractivity contribution is 0.0944. The van der Waals surface area contributed by atoms with Gasteiger partial charge in [0.25, 0.3) is 5.91 Å². The number of cyclic esters (lactones) is 1. The predicted molar refractivity (Wildman–Crippen MR) is 77.0 cm³/mol. The van der Waals surface area contributed by atoms with E-state index < -0.39 is 11.7 Å². The van der Waals surface area contributed by atoms with Gasteiger partial charge in [-0.3, -0.25) is 4.79 Å². The molecule has 114 valence electrons. The molecular formula is C15H14FN3O3. The van der Waals surface area contributed by atoms with Gasteiger partial charge in [0.15, 0.2) is 0 Å². The number of nitrogens with one attached hydrogen (secondary N) is 1. The van der Waals surface area contributed by atoms with Crippen molar-refractivity contribution in [3.8, 4) is 0 Å². The quantitative estimate of drug-likeness (QED) is 0.930. The number of carbonyl (C=O) groups is 2. The molecule has 1 aliphatic heterocycles. The fourth-order valence-corrected chi connectivity index (χ4v) is 2.26. The normalized spacial score (nSPS) is 14.2. The van der Waals surface area contributed by atoms with E-state index in [0.29, 0.717) is 25.1 Å². The Bertz CT molecular complexity index is 735. The van der Waals surface area contributed by atoms with E-state index >= 15 is 0 Å². The maximum atomic E-state index is 13.7. The number of carbonyl (C=O) groups excluding carboxylic acids is 2. The van der Waals surface area contributed by atoms with Gasteiger partial charge < -0.3 is 15.0 Å². The summed E-state index contributed by atoms with van der Waals surface area (Å²) in [5.74, 6) is -0.871. The third-order valence-electron chi connectivity index (χ3n) is 3.42. The van der Waals surface area contributed by atoms with Gasteiger partial charge in [-0.05, 0) is 12.1 Å². The highest BCUT2D eigenvalue weighted by atomic mass is 19.1. The molecule has 1 saturated heterocycles. The number of amides is 2. The molecule has 1 fully saturated rings. The molecule has 0 atom stereocenters. The molecule has 0 unspecified atom stereocenters. The van der Waals surface area contributed by atoms with E-state index in [1.165, 1.54) is 11.0 Å². The summed E-state index contributed by atoms with van der Waals surface area (Å²) >= 11 is 0. The summed E-state index contributed by atoms with van der Waals surface area (Å²) in [5, 5.41) is 3.29. The fraction of sp³-hybridized carbons (Fsp3) is 0.267. The summed E-state index contributed by atoms with van der Waals surface area (Å²) in [6, 6.07) is 7.82. The van der Waals surface area contributed by atoms with Crippen LogP contribution >= 0.6 is 0 Å². The molecule has 0 radical (unpaired) electrons. The van der Waals surface area contributed by atoms with Gasteiger partial charge in [0.2, 0.25) is 0 Å².